The fourth-order valence-electron chi connectivity index (χ4n) is 8.46. The Morgan fingerprint density at radius 1 is 0.688 bits per heavy atom. The molecule has 1 unspecified atom stereocenters. The molecule has 0 fully saturated rings. The van der Waals surface area contributed by atoms with Crippen LogP contribution in [-0.2, 0) is 35.1 Å². The molecule has 1 atom stereocenters. The predicted molar refractivity (Wildman–Crippen MR) is 258 cm³/mol. The molecule has 12 nitrogen and oxygen atoms in total. The number of aromatic amines is 2. The Labute approximate surface area is 379 Å². The van der Waals surface area contributed by atoms with E-state index in [1.165, 1.54) is 12.2 Å². The van der Waals surface area contributed by atoms with Crippen molar-refractivity contribution in [2.45, 2.75) is 146 Å². The van der Waals surface area contributed by atoms with Gasteiger partial charge < -0.3 is 29.2 Å². The van der Waals surface area contributed by atoms with Crippen molar-refractivity contribution in [2.24, 2.45) is 9.98 Å². The first-order valence-electron chi connectivity index (χ1n) is 22.9. The molecule has 3 aliphatic heterocycles. The van der Waals surface area contributed by atoms with E-state index in [1.54, 1.807) is 12.2 Å². The zero-order valence-electron chi connectivity index (χ0n) is 40.7. The highest BCUT2D eigenvalue weighted by Crippen LogP contribution is 2.35. The second kappa shape index (κ2) is 20.4. The standard InChI is InChI=1S/C52H70N6O6/c1-15-57(16-2)47(59)23-19-35-31(5)39-27-40-33(7)37(21-25-49(61)63-51(9,10)11)43(53-40)29-42-34(8)38(22-26-50(62)64-52(12,13)14)44(55-42)28-41-32(6)36(46(56-41)30-45(35)54-39)20-24-48(60)58(17-3)18-4/h21-22,25-26,28-30,39,53,55H,15-20,23-24,27H2,1-14H3/b25-21+,26-22+,42-29-,44-28-,46-30?. The van der Waals surface area contributed by atoms with E-state index in [-0.39, 0.29) is 17.9 Å². The SMILES string of the molecule is CCN(CC)C(=O)CCC1=C(C)C2=NC1=CC1=NC(Cc3[nH]c(c(/C=C/C(=O)OC(C)(C)C)c3C)/C=c3\[nH]/c(c(/C=C/C(=O)OC(C)(C)C)c3C)=C\2)C(C)=C1CCC(=O)N(CC)CC. The summed E-state index contributed by atoms with van der Waals surface area (Å²) in [7, 11) is 0. The third-order valence-corrected chi connectivity index (χ3v) is 12.0. The largest absolute Gasteiger partial charge is 0.457 e. The number of amides is 2. The van der Waals surface area contributed by atoms with Crippen LogP contribution >= 0.6 is 0 Å². The van der Waals surface area contributed by atoms with E-state index in [0.717, 1.165) is 83.8 Å². The van der Waals surface area contributed by atoms with Gasteiger partial charge in [0, 0.05) is 90.8 Å². The molecule has 0 aliphatic carbocycles. The fraction of sp³-hybridized carbons (Fsp3) is 0.500. The van der Waals surface area contributed by atoms with E-state index in [0.29, 0.717) is 58.3 Å². The van der Waals surface area contributed by atoms with Crippen LogP contribution in [0.3, 0.4) is 0 Å². The first kappa shape index (κ1) is 49.2. The van der Waals surface area contributed by atoms with Crippen molar-refractivity contribution in [3.8, 4) is 0 Å². The Hall–Kier alpha value is -5.78. The maximum atomic E-state index is 13.4. The lowest BCUT2D eigenvalue weighted by molar-refractivity contribution is -0.149. The van der Waals surface area contributed by atoms with Gasteiger partial charge in [0.2, 0.25) is 11.8 Å². The van der Waals surface area contributed by atoms with Crippen LogP contribution in [0.2, 0.25) is 0 Å². The van der Waals surface area contributed by atoms with Crippen LogP contribution in [0.25, 0.3) is 24.3 Å². The molecule has 8 bridgehead atoms. The van der Waals surface area contributed by atoms with Gasteiger partial charge in [-0.25, -0.2) is 14.6 Å². The number of carbonyl (C=O) groups excluding carboxylic acids is 4. The number of hydrogen-bond acceptors (Lipinski definition) is 8. The van der Waals surface area contributed by atoms with E-state index < -0.39 is 23.1 Å². The molecule has 64 heavy (non-hydrogen) atoms. The Morgan fingerprint density at radius 2 is 1.22 bits per heavy atom. The highest BCUT2D eigenvalue weighted by Gasteiger charge is 2.30. The zero-order chi connectivity index (χ0) is 47.3. The highest BCUT2D eigenvalue weighted by atomic mass is 16.6. The molecule has 0 radical (unpaired) electrons. The van der Waals surface area contributed by atoms with Gasteiger partial charge in [-0.15, -0.1) is 0 Å². The number of allylic oxidation sites excluding steroid dienone is 4. The van der Waals surface area contributed by atoms with E-state index >= 15 is 0 Å². The predicted octanol–water partition coefficient (Wildman–Crippen LogP) is 7.93. The van der Waals surface area contributed by atoms with Gasteiger partial charge in [-0.1, -0.05) is 0 Å². The highest BCUT2D eigenvalue weighted by molar-refractivity contribution is 6.24. The number of ether oxygens (including phenoxy) is 2. The number of hydrogen-bond donors (Lipinski definition) is 2. The monoisotopic (exact) mass is 875 g/mol. The minimum absolute atomic E-state index is 0.0839. The van der Waals surface area contributed by atoms with Gasteiger partial charge in [0.25, 0.3) is 0 Å². The first-order chi connectivity index (χ1) is 30.1. The molecule has 0 saturated carbocycles. The molecule has 2 N–H and O–H groups in total. The van der Waals surface area contributed by atoms with Crippen molar-refractivity contribution in [3.63, 3.8) is 0 Å². The summed E-state index contributed by atoms with van der Waals surface area (Å²) in [5.74, 6) is -0.727. The molecule has 0 saturated heterocycles. The fourth-order valence-corrected chi connectivity index (χ4v) is 8.46. The number of nitrogens with one attached hydrogen (secondary N) is 2. The van der Waals surface area contributed by atoms with E-state index in [2.05, 4.69) is 16.9 Å². The van der Waals surface area contributed by atoms with Crippen LogP contribution in [0.4, 0.5) is 0 Å². The zero-order valence-corrected chi connectivity index (χ0v) is 40.7. The lowest BCUT2D eigenvalue weighted by Crippen LogP contribution is -2.30. The lowest BCUT2D eigenvalue weighted by atomic mass is 9.94. The lowest BCUT2D eigenvalue weighted by Gasteiger charge is -2.19. The van der Waals surface area contributed by atoms with Gasteiger partial charge in [-0.3, -0.25) is 14.6 Å². The summed E-state index contributed by atoms with van der Waals surface area (Å²) >= 11 is 0. The van der Waals surface area contributed by atoms with Gasteiger partial charge in [-0.05, 0) is 174 Å². The summed E-state index contributed by atoms with van der Waals surface area (Å²) in [5, 5.41) is 1.52. The summed E-state index contributed by atoms with van der Waals surface area (Å²) in [4.78, 5) is 74.5. The summed E-state index contributed by atoms with van der Waals surface area (Å²) < 4.78 is 11.3. The molecule has 5 rings (SSSR count). The van der Waals surface area contributed by atoms with Crippen LogP contribution in [0.5, 0.6) is 0 Å². The summed E-state index contributed by atoms with van der Waals surface area (Å²) in [6.07, 6.45) is 14.8. The Balaban J connectivity index is 1.78. The van der Waals surface area contributed by atoms with Gasteiger partial charge in [-0.2, -0.15) is 0 Å². The Morgan fingerprint density at radius 3 is 1.75 bits per heavy atom. The average Bonchev–Trinajstić information content (AvgIpc) is 3.86. The third kappa shape index (κ3) is 11.9. The van der Waals surface area contributed by atoms with Gasteiger partial charge in [0.15, 0.2) is 0 Å². The van der Waals surface area contributed by atoms with Gasteiger partial charge in [0.05, 0.1) is 23.2 Å². The second-order valence-corrected chi connectivity index (χ2v) is 18.7. The van der Waals surface area contributed by atoms with Crippen LogP contribution in [0.1, 0.15) is 142 Å². The molecule has 5 heterocycles. The van der Waals surface area contributed by atoms with Crippen molar-refractivity contribution >= 4 is 59.5 Å². The topological polar surface area (TPSA) is 150 Å². The van der Waals surface area contributed by atoms with E-state index in [1.807, 2.05) is 118 Å². The molecule has 344 valence electrons. The average molecular weight is 875 g/mol. The summed E-state index contributed by atoms with van der Waals surface area (Å²) in [6.45, 7) is 29.7. The normalized spacial score (nSPS) is 17.5. The summed E-state index contributed by atoms with van der Waals surface area (Å²) in [5.41, 5.74) is 10.1. The number of H-pyrrole nitrogens is 2. The van der Waals surface area contributed by atoms with Gasteiger partial charge in [0.1, 0.15) is 11.2 Å². The second-order valence-electron chi connectivity index (χ2n) is 18.7. The number of aromatic nitrogens is 2. The minimum atomic E-state index is -0.664. The smallest absolute Gasteiger partial charge is 0.331 e. The van der Waals surface area contributed by atoms with E-state index in [4.69, 9.17) is 19.5 Å². The maximum absolute atomic E-state index is 13.4. The number of esters is 2. The molecule has 0 aromatic carbocycles. The number of fused-ring (bicyclic) bond motifs is 6. The molecular weight excluding hydrogens is 805 g/mol. The van der Waals surface area contributed by atoms with Crippen molar-refractivity contribution in [1.82, 2.24) is 19.8 Å². The van der Waals surface area contributed by atoms with Crippen molar-refractivity contribution < 1.29 is 28.7 Å². The number of aliphatic imine (C=N–C) groups is 2. The first-order valence-corrected chi connectivity index (χ1v) is 22.9. The molecule has 2 amide bonds. The molecule has 0 spiro atoms. The van der Waals surface area contributed by atoms with Crippen molar-refractivity contribution in [2.75, 3.05) is 26.2 Å². The molecule has 2 aromatic rings. The minimum Gasteiger partial charge on any atom is -0.457 e. The summed E-state index contributed by atoms with van der Waals surface area (Å²) in [6, 6.07) is -0.233. The Kier molecular flexibility index (Phi) is 15.7. The van der Waals surface area contributed by atoms with Gasteiger partial charge >= 0.3 is 11.9 Å². The number of rotatable bonds is 14. The van der Waals surface area contributed by atoms with Crippen LogP contribution in [0, 0.1) is 13.8 Å². The molecule has 3 aliphatic rings. The van der Waals surface area contributed by atoms with E-state index in [9.17, 15) is 19.2 Å². The third-order valence-electron chi connectivity index (χ3n) is 12.0. The van der Waals surface area contributed by atoms with Crippen molar-refractivity contribution in [3.05, 3.63) is 90.6 Å². The molecule has 12 heteroatoms. The van der Waals surface area contributed by atoms with Crippen LogP contribution in [0.15, 0.2) is 56.2 Å². The molecular formula is C52H70N6O6. The van der Waals surface area contributed by atoms with Crippen molar-refractivity contribution in [1.29, 1.82) is 0 Å². The van der Waals surface area contributed by atoms with Crippen LogP contribution in [-0.4, -0.2) is 98.4 Å². The Bertz CT molecular complexity index is 2510. The maximum Gasteiger partial charge on any atom is 0.331 e. The quantitative estimate of drug-likeness (QED) is 0.146. The number of nitrogens with zero attached hydrogens (tertiary/aromatic N) is 4. The molecule has 2 aromatic heterocycles. The number of carbonyl (C=O) groups is 4. The van der Waals surface area contributed by atoms with Crippen LogP contribution < -0.4 is 10.7 Å².